The molecule has 1 aliphatic heterocycles. The monoisotopic (exact) mass is 288 g/mol. The number of Topliss-reactive ketones (excluding diaryl/α,β-unsaturated/α-hetero) is 1. The van der Waals surface area contributed by atoms with Gasteiger partial charge >= 0.3 is 6.03 Å². The van der Waals surface area contributed by atoms with Gasteiger partial charge in [-0.15, -0.1) is 0 Å². The Morgan fingerprint density at radius 1 is 1.38 bits per heavy atom. The lowest BCUT2D eigenvalue weighted by Crippen LogP contribution is -2.50. The average Bonchev–Trinajstić information content (AvgIpc) is 2.44. The highest BCUT2D eigenvalue weighted by atomic mass is 16.5. The maximum atomic E-state index is 11.9. The number of benzene rings is 1. The van der Waals surface area contributed by atoms with Crippen molar-refractivity contribution < 1.29 is 14.3 Å². The summed E-state index contributed by atoms with van der Waals surface area (Å²) in [6.07, 6.45) is 0.885. The van der Waals surface area contributed by atoms with Crippen LogP contribution >= 0.6 is 0 Å². The Kier molecular flexibility index (Phi) is 4.62. The highest BCUT2D eigenvalue weighted by Gasteiger charge is 2.36. The van der Waals surface area contributed by atoms with Crippen molar-refractivity contribution in [2.45, 2.75) is 26.3 Å². The Hall–Kier alpha value is -2.30. The predicted molar refractivity (Wildman–Crippen MR) is 79.9 cm³/mol. The van der Waals surface area contributed by atoms with Crippen molar-refractivity contribution in [2.24, 2.45) is 5.92 Å². The molecule has 0 radical (unpaired) electrons. The largest absolute Gasteiger partial charge is 0.493 e. The molecular formula is C16H20N2O3. The van der Waals surface area contributed by atoms with Gasteiger partial charge in [-0.3, -0.25) is 4.79 Å². The van der Waals surface area contributed by atoms with Gasteiger partial charge in [0.1, 0.15) is 11.5 Å². The van der Waals surface area contributed by atoms with E-state index in [1.807, 2.05) is 31.2 Å². The summed E-state index contributed by atoms with van der Waals surface area (Å²) in [5, 5.41) is 5.37. The average molecular weight is 288 g/mol. The van der Waals surface area contributed by atoms with E-state index in [1.54, 1.807) is 0 Å². The third-order valence-electron chi connectivity index (χ3n) is 3.42. The smallest absolute Gasteiger partial charge is 0.319 e. The van der Waals surface area contributed by atoms with Crippen molar-refractivity contribution in [1.29, 1.82) is 0 Å². The molecule has 2 atom stereocenters. The predicted octanol–water partition coefficient (Wildman–Crippen LogP) is 2.55. The molecule has 1 saturated heterocycles. The fraction of sp³-hybridized carbons (Fsp3) is 0.375. The second-order valence-electron chi connectivity index (χ2n) is 5.08. The molecule has 2 N–H and O–H groups in total. The Balaban J connectivity index is 2.39. The number of ether oxygens (including phenoxy) is 1. The zero-order chi connectivity index (χ0) is 15.4. The minimum absolute atomic E-state index is 0.0530. The molecule has 1 heterocycles. The van der Waals surface area contributed by atoms with Crippen LogP contribution in [0.4, 0.5) is 4.79 Å². The molecule has 0 spiro atoms. The maximum Gasteiger partial charge on any atom is 0.319 e. The highest BCUT2D eigenvalue weighted by molar-refractivity contribution is 5.88. The summed E-state index contributed by atoms with van der Waals surface area (Å²) in [7, 11) is 0. The molecule has 0 aliphatic carbocycles. The number of nitrogens with one attached hydrogen (secondary N) is 2. The zero-order valence-electron chi connectivity index (χ0n) is 12.3. The third kappa shape index (κ3) is 3.24. The molecule has 1 aromatic carbocycles. The normalized spacial score (nSPS) is 21.4. The number of rotatable bonds is 5. The van der Waals surface area contributed by atoms with Crippen LogP contribution in [0.2, 0.25) is 0 Å². The standard InChI is InChI=1S/C16H20N2O3/c1-4-9-21-13-8-6-5-7-12(13)15-14(11(3)19)10(2)17-16(20)18-15/h5-8,14-15H,2,4,9H2,1,3H3,(H2,17,18,20)/t14-,15-/m0/s1. The van der Waals surface area contributed by atoms with Crippen LogP contribution in [0.15, 0.2) is 36.5 Å². The Bertz CT molecular complexity index is 568. The second-order valence-corrected chi connectivity index (χ2v) is 5.08. The Labute approximate surface area is 124 Å². The summed E-state index contributed by atoms with van der Waals surface area (Å²) >= 11 is 0. The lowest BCUT2D eigenvalue weighted by molar-refractivity contribution is -0.120. The first kappa shape index (κ1) is 15.1. The number of urea groups is 1. The van der Waals surface area contributed by atoms with Gasteiger partial charge < -0.3 is 15.4 Å². The highest BCUT2D eigenvalue weighted by Crippen LogP contribution is 2.35. The van der Waals surface area contributed by atoms with Crippen molar-refractivity contribution in [3.8, 4) is 5.75 Å². The van der Waals surface area contributed by atoms with E-state index in [9.17, 15) is 9.59 Å². The maximum absolute atomic E-state index is 11.9. The Morgan fingerprint density at radius 3 is 2.76 bits per heavy atom. The van der Waals surface area contributed by atoms with E-state index in [2.05, 4.69) is 17.2 Å². The first-order valence-electron chi connectivity index (χ1n) is 7.03. The van der Waals surface area contributed by atoms with Gasteiger partial charge in [0.25, 0.3) is 0 Å². The molecule has 0 aromatic heterocycles. The van der Waals surface area contributed by atoms with E-state index in [4.69, 9.17) is 4.74 Å². The van der Waals surface area contributed by atoms with Crippen molar-refractivity contribution in [3.05, 3.63) is 42.1 Å². The summed E-state index contributed by atoms with van der Waals surface area (Å²) in [4.78, 5) is 23.6. The van der Waals surface area contributed by atoms with Crippen molar-refractivity contribution in [1.82, 2.24) is 10.6 Å². The zero-order valence-corrected chi connectivity index (χ0v) is 12.3. The van der Waals surface area contributed by atoms with Crippen molar-refractivity contribution in [2.75, 3.05) is 6.61 Å². The number of amides is 2. The molecular weight excluding hydrogens is 268 g/mol. The van der Waals surface area contributed by atoms with E-state index >= 15 is 0 Å². The molecule has 1 aliphatic rings. The van der Waals surface area contributed by atoms with E-state index in [-0.39, 0.29) is 11.8 Å². The first-order chi connectivity index (χ1) is 10.0. The molecule has 5 nitrogen and oxygen atoms in total. The molecule has 0 saturated carbocycles. The summed E-state index contributed by atoms with van der Waals surface area (Å²) in [6, 6.07) is 6.63. The topological polar surface area (TPSA) is 67.4 Å². The minimum Gasteiger partial charge on any atom is -0.493 e. The number of carbonyl (C=O) groups is 2. The molecule has 1 aromatic rings. The van der Waals surface area contributed by atoms with Gasteiger partial charge in [0.2, 0.25) is 0 Å². The van der Waals surface area contributed by atoms with Gasteiger partial charge in [-0.05, 0) is 19.4 Å². The number of hydrogen-bond acceptors (Lipinski definition) is 3. The van der Waals surface area contributed by atoms with Gasteiger partial charge in [0.15, 0.2) is 0 Å². The van der Waals surface area contributed by atoms with Crippen LogP contribution in [0.3, 0.4) is 0 Å². The van der Waals surface area contributed by atoms with E-state index in [0.29, 0.717) is 18.1 Å². The fourth-order valence-electron chi connectivity index (χ4n) is 2.50. The minimum atomic E-state index is -0.505. The van der Waals surface area contributed by atoms with Crippen molar-refractivity contribution >= 4 is 11.8 Å². The van der Waals surface area contributed by atoms with Crippen molar-refractivity contribution in [3.63, 3.8) is 0 Å². The lowest BCUT2D eigenvalue weighted by Gasteiger charge is -2.34. The summed E-state index contributed by atoms with van der Waals surface area (Å²) in [5.41, 5.74) is 1.21. The molecule has 2 amide bonds. The SMILES string of the molecule is C=C1NC(=O)N[C@@H](c2ccccc2OCCC)[C@@H]1C(C)=O. The Morgan fingerprint density at radius 2 is 2.10 bits per heavy atom. The van der Waals surface area contributed by atoms with Gasteiger partial charge in [0.05, 0.1) is 18.6 Å². The van der Waals surface area contributed by atoms with Crippen LogP contribution in [-0.4, -0.2) is 18.4 Å². The van der Waals surface area contributed by atoms with Gasteiger partial charge in [-0.25, -0.2) is 4.79 Å². The van der Waals surface area contributed by atoms with Crippen LogP contribution in [0.1, 0.15) is 31.9 Å². The van der Waals surface area contributed by atoms with Gasteiger partial charge in [0, 0.05) is 11.3 Å². The first-order valence-corrected chi connectivity index (χ1v) is 7.03. The third-order valence-corrected chi connectivity index (χ3v) is 3.42. The van der Waals surface area contributed by atoms with Crippen LogP contribution < -0.4 is 15.4 Å². The molecule has 0 unspecified atom stereocenters. The molecule has 112 valence electrons. The number of hydrogen-bond donors (Lipinski definition) is 2. The van der Waals surface area contributed by atoms with Crippen LogP contribution in [-0.2, 0) is 4.79 Å². The van der Waals surface area contributed by atoms with Crippen LogP contribution in [0.5, 0.6) is 5.75 Å². The van der Waals surface area contributed by atoms with Gasteiger partial charge in [-0.1, -0.05) is 31.7 Å². The second kappa shape index (κ2) is 6.43. The molecule has 0 bridgehead atoms. The summed E-state index contributed by atoms with van der Waals surface area (Å²) < 4.78 is 5.73. The van der Waals surface area contributed by atoms with E-state index in [1.165, 1.54) is 6.92 Å². The summed E-state index contributed by atoms with van der Waals surface area (Å²) in [5.74, 6) is 0.127. The van der Waals surface area contributed by atoms with Crippen LogP contribution in [0.25, 0.3) is 0 Å². The quantitative estimate of drug-likeness (QED) is 0.875. The van der Waals surface area contributed by atoms with Crippen LogP contribution in [0, 0.1) is 5.92 Å². The number of ketones is 1. The summed E-state index contributed by atoms with van der Waals surface area (Å²) in [6.45, 7) is 7.91. The van der Waals surface area contributed by atoms with E-state index < -0.39 is 12.0 Å². The molecule has 2 rings (SSSR count). The lowest BCUT2D eigenvalue weighted by atomic mass is 9.86. The fourth-order valence-corrected chi connectivity index (χ4v) is 2.50. The van der Waals surface area contributed by atoms with Gasteiger partial charge in [-0.2, -0.15) is 0 Å². The number of para-hydroxylation sites is 1. The molecule has 21 heavy (non-hydrogen) atoms. The van der Waals surface area contributed by atoms with E-state index in [0.717, 1.165) is 12.0 Å². The molecule has 1 fully saturated rings. The molecule has 5 heteroatoms. The number of carbonyl (C=O) groups excluding carboxylic acids is 2.